The molecule has 0 aliphatic heterocycles. The third-order valence-corrected chi connectivity index (χ3v) is 3.97. The van der Waals surface area contributed by atoms with E-state index in [2.05, 4.69) is 64.6 Å². The summed E-state index contributed by atoms with van der Waals surface area (Å²) < 4.78 is 5.45. The van der Waals surface area contributed by atoms with E-state index in [4.69, 9.17) is 4.42 Å². The number of furan rings is 1. The van der Waals surface area contributed by atoms with Gasteiger partial charge in [0, 0.05) is 11.8 Å². The zero-order valence-electron chi connectivity index (χ0n) is 13.5. The number of nitrogens with zero attached hydrogens (tertiary/aromatic N) is 2. The van der Waals surface area contributed by atoms with Crippen LogP contribution in [0.25, 0.3) is 34.7 Å². The minimum atomic E-state index is 0.737. The highest BCUT2D eigenvalue weighted by molar-refractivity contribution is 5.77. The molecule has 0 atom stereocenters. The summed E-state index contributed by atoms with van der Waals surface area (Å²) in [5.41, 5.74) is 5.25. The molecule has 0 saturated carbocycles. The fourth-order valence-electron chi connectivity index (χ4n) is 2.68. The zero-order valence-corrected chi connectivity index (χ0v) is 13.5. The molecule has 0 unspecified atom stereocenters. The lowest BCUT2D eigenvalue weighted by molar-refractivity contribution is 0.579. The Hall–Kier alpha value is -3.46. The normalized spacial score (nSPS) is 11.0. The van der Waals surface area contributed by atoms with E-state index in [0.29, 0.717) is 0 Å². The standard InChI is InChI=1S/C22H16N2O/c1-2-5-18(6-3-1)19-11-8-17(9-12-19)10-13-20-15-23-16-24-22(20)21-7-4-14-25-21/h1-16H/b13-10+. The number of hydrogen-bond donors (Lipinski definition) is 0. The van der Waals surface area contributed by atoms with Crippen molar-refractivity contribution in [2.45, 2.75) is 0 Å². The molecule has 0 radical (unpaired) electrons. The van der Waals surface area contributed by atoms with Crippen LogP contribution in [0.15, 0.2) is 89.9 Å². The summed E-state index contributed by atoms with van der Waals surface area (Å²) in [5.74, 6) is 0.737. The van der Waals surface area contributed by atoms with Gasteiger partial charge in [0.25, 0.3) is 0 Å². The quantitative estimate of drug-likeness (QED) is 0.492. The van der Waals surface area contributed by atoms with Crippen LogP contribution in [0.5, 0.6) is 0 Å². The molecule has 0 fully saturated rings. The van der Waals surface area contributed by atoms with E-state index in [-0.39, 0.29) is 0 Å². The number of benzene rings is 2. The Morgan fingerprint density at radius 3 is 2.32 bits per heavy atom. The van der Waals surface area contributed by atoms with Crippen LogP contribution in [0, 0.1) is 0 Å². The van der Waals surface area contributed by atoms with Crippen LogP contribution in [0.3, 0.4) is 0 Å². The molecule has 0 spiro atoms. The molecular formula is C22H16N2O. The molecule has 3 nitrogen and oxygen atoms in total. The maximum Gasteiger partial charge on any atom is 0.152 e. The summed E-state index contributed by atoms with van der Waals surface area (Å²) >= 11 is 0. The third kappa shape index (κ3) is 3.40. The molecule has 3 heteroatoms. The fourth-order valence-corrected chi connectivity index (χ4v) is 2.68. The van der Waals surface area contributed by atoms with Gasteiger partial charge in [0.05, 0.1) is 6.26 Å². The van der Waals surface area contributed by atoms with Crippen LogP contribution in [0.4, 0.5) is 0 Å². The van der Waals surface area contributed by atoms with Gasteiger partial charge < -0.3 is 4.42 Å². The highest BCUT2D eigenvalue weighted by atomic mass is 16.3. The van der Waals surface area contributed by atoms with E-state index in [1.165, 1.54) is 17.5 Å². The van der Waals surface area contributed by atoms with Gasteiger partial charge in [-0.2, -0.15) is 0 Å². The topological polar surface area (TPSA) is 38.9 Å². The first-order valence-electron chi connectivity index (χ1n) is 8.07. The molecule has 0 bridgehead atoms. The van der Waals surface area contributed by atoms with Crippen molar-refractivity contribution < 1.29 is 4.42 Å². The Bertz CT molecular complexity index is 972. The largest absolute Gasteiger partial charge is 0.463 e. The lowest BCUT2D eigenvalue weighted by Crippen LogP contribution is -1.88. The molecule has 2 heterocycles. The van der Waals surface area contributed by atoms with Gasteiger partial charge in [-0.25, -0.2) is 9.97 Å². The average molecular weight is 324 g/mol. The van der Waals surface area contributed by atoms with E-state index >= 15 is 0 Å². The van der Waals surface area contributed by atoms with Crippen LogP contribution < -0.4 is 0 Å². The van der Waals surface area contributed by atoms with Gasteiger partial charge in [0.1, 0.15) is 12.0 Å². The smallest absolute Gasteiger partial charge is 0.152 e. The first-order valence-corrected chi connectivity index (χ1v) is 8.07. The van der Waals surface area contributed by atoms with Gasteiger partial charge in [0.2, 0.25) is 0 Å². The highest BCUT2D eigenvalue weighted by Gasteiger charge is 2.06. The van der Waals surface area contributed by atoms with E-state index in [0.717, 1.165) is 22.6 Å². The summed E-state index contributed by atoms with van der Waals surface area (Å²) in [6.07, 6.45) is 9.03. The minimum Gasteiger partial charge on any atom is -0.463 e. The minimum absolute atomic E-state index is 0.737. The Morgan fingerprint density at radius 2 is 1.56 bits per heavy atom. The van der Waals surface area contributed by atoms with Gasteiger partial charge in [-0.3, -0.25) is 0 Å². The van der Waals surface area contributed by atoms with Gasteiger partial charge in [0.15, 0.2) is 5.76 Å². The molecule has 2 aromatic heterocycles. The fraction of sp³-hybridized carbons (Fsp3) is 0. The van der Waals surface area contributed by atoms with Crippen molar-refractivity contribution in [2.24, 2.45) is 0 Å². The van der Waals surface area contributed by atoms with E-state index in [1.807, 2.05) is 24.3 Å². The van der Waals surface area contributed by atoms with E-state index in [9.17, 15) is 0 Å². The Labute approximate surface area is 146 Å². The summed E-state index contributed by atoms with van der Waals surface area (Å²) in [6.45, 7) is 0. The molecule has 0 aliphatic rings. The van der Waals surface area contributed by atoms with E-state index in [1.54, 1.807) is 12.5 Å². The third-order valence-electron chi connectivity index (χ3n) is 3.97. The SMILES string of the molecule is C(=C\c1cncnc1-c1ccco1)/c1ccc(-c2ccccc2)cc1. The Morgan fingerprint density at radius 1 is 0.760 bits per heavy atom. The summed E-state index contributed by atoms with van der Waals surface area (Å²) in [5, 5.41) is 0. The van der Waals surface area contributed by atoms with Crippen molar-refractivity contribution in [3.05, 3.63) is 96.6 Å². The summed E-state index contributed by atoms with van der Waals surface area (Å²) in [4.78, 5) is 8.45. The molecular weight excluding hydrogens is 308 g/mol. The second-order valence-corrected chi connectivity index (χ2v) is 5.63. The maximum atomic E-state index is 5.45. The van der Waals surface area contributed by atoms with Crippen LogP contribution >= 0.6 is 0 Å². The van der Waals surface area contributed by atoms with Gasteiger partial charge >= 0.3 is 0 Å². The number of hydrogen-bond acceptors (Lipinski definition) is 3. The number of rotatable bonds is 4. The van der Waals surface area contributed by atoms with Crippen LogP contribution in [-0.4, -0.2) is 9.97 Å². The highest BCUT2D eigenvalue weighted by Crippen LogP contribution is 2.23. The Kier molecular flexibility index (Phi) is 4.21. The molecule has 0 aliphatic carbocycles. The zero-order chi connectivity index (χ0) is 16.9. The Balaban J connectivity index is 1.59. The average Bonchev–Trinajstić information content (AvgIpc) is 3.22. The first kappa shape index (κ1) is 15.1. The molecule has 120 valence electrons. The molecule has 2 aromatic carbocycles. The second kappa shape index (κ2) is 6.97. The summed E-state index contributed by atoms with van der Waals surface area (Å²) in [7, 11) is 0. The lowest BCUT2D eigenvalue weighted by Gasteiger charge is -2.03. The monoisotopic (exact) mass is 324 g/mol. The molecule has 0 amide bonds. The molecule has 25 heavy (non-hydrogen) atoms. The van der Waals surface area contributed by atoms with Gasteiger partial charge in [-0.15, -0.1) is 0 Å². The lowest BCUT2D eigenvalue weighted by atomic mass is 10.0. The predicted octanol–water partition coefficient (Wildman–Crippen LogP) is 5.57. The van der Waals surface area contributed by atoms with Crippen molar-refractivity contribution in [3.8, 4) is 22.6 Å². The summed E-state index contributed by atoms with van der Waals surface area (Å²) in [6, 6.07) is 22.6. The van der Waals surface area contributed by atoms with Crippen molar-refractivity contribution in [1.29, 1.82) is 0 Å². The molecule has 0 saturated heterocycles. The van der Waals surface area contributed by atoms with Gasteiger partial charge in [-0.1, -0.05) is 66.7 Å². The van der Waals surface area contributed by atoms with Crippen molar-refractivity contribution in [1.82, 2.24) is 9.97 Å². The maximum absolute atomic E-state index is 5.45. The van der Waals surface area contributed by atoms with Crippen LogP contribution in [0.2, 0.25) is 0 Å². The van der Waals surface area contributed by atoms with Crippen LogP contribution in [-0.2, 0) is 0 Å². The first-order chi connectivity index (χ1) is 12.4. The van der Waals surface area contributed by atoms with E-state index < -0.39 is 0 Å². The number of aromatic nitrogens is 2. The molecule has 0 N–H and O–H groups in total. The van der Waals surface area contributed by atoms with Crippen molar-refractivity contribution >= 4 is 12.2 Å². The van der Waals surface area contributed by atoms with Crippen molar-refractivity contribution in [3.63, 3.8) is 0 Å². The second-order valence-electron chi connectivity index (χ2n) is 5.63. The van der Waals surface area contributed by atoms with Gasteiger partial charge in [-0.05, 0) is 28.8 Å². The van der Waals surface area contributed by atoms with Crippen molar-refractivity contribution in [2.75, 3.05) is 0 Å². The van der Waals surface area contributed by atoms with Crippen LogP contribution in [0.1, 0.15) is 11.1 Å². The predicted molar refractivity (Wildman–Crippen MR) is 101 cm³/mol. The molecule has 4 aromatic rings. The molecule has 4 rings (SSSR count).